The Morgan fingerprint density at radius 3 is 2.59 bits per heavy atom. The molecule has 0 aliphatic carbocycles. The first-order valence-electron chi connectivity index (χ1n) is 8.85. The molecule has 2 N–H and O–H groups in total. The van der Waals surface area contributed by atoms with Crippen molar-refractivity contribution in [2.75, 3.05) is 18.4 Å². The van der Waals surface area contributed by atoms with Crippen LogP contribution in [0.2, 0.25) is 0 Å². The maximum atomic E-state index is 12.1. The van der Waals surface area contributed by atoms with Gasteiger partial charge in [-0.1, -0.05) is 0 Å². The molecule has 3 aromatic heterocycles. The Labute approximate surface area is 157 Å². The third-order valence-electron chi connectivity index (χ3n) is 4.55. The van der Waals surface area contributed by atoms with Crippen LogP contribution in [0.25, 0.3) is 5.82 Å². The largest absolute Gasteiger partial charge is 0.367 e. The Morgan fingerprint density at radius 2 is 2.00 bits per heavy atom. The molecule has 9 nitrogen and oxygen atoms in total. The highest BCUT2D eigenvalue weighted by atomic mass is 16.2. The van der Waals surface area contributed by atoms with Crippen LogP contribution in [0, 0.1) is 20.8 Å². The number of nitrogens with one attached hydrogen (secondary N) is 2. The molecule has 0 saturated carbocycles. The first-order valence-corrected chi connectivity index (χ1v) is 8.85. The van der Waals surface area contributed by atoms with Gasteiger partial charge in [0.05, 0.1) is 5.69 Å². The Bertz CT molecular complexity index is 898. The van der Waals surface area contributed by atoms with E-state index >= 15 is 0 Å². The van der Waals surface area contributed by atoms with Crippen LogP contribution in [0.15, 0.2) is 30.6 Å². The van der Waals surface area contributed by atoms with E-state index in [1.165, 1.54) is 0 Å². The van der Waals surface area contributed by atoms with Crippen LogP contribution in [0.5, 0.6) is 0 Å². The SMILES string of the molecule is Cc1nn(-c2ccc(NCCNC(=O)C(C)n3cccn3)nn2)c(C)c1C. The second kappa shape index (κ2) is 7.98. The molecule has 0 aliphatic heterocycles. The molecule has 0 radical (unpaired) electrons. The molecule has 1 amide bonds. The second-order valence-electron chi connectivity index (χ2n) is 6.36. The summed E-state index contributed by atoms with van der Waals surface area (Å²) in [5.74, 6) is 1.24. The predicted molar refractivity (Wildman–Crippen MR) is 102 cm³/mol. The van der Waals surface area contributed by atoms with Crippen molar-refractivity contribution in [2.24, 2.45) is 0 Å². The molecule has 0 saturated heterocycles. The quantitative estimate of drug-likeness (QED) is 0.614. The molecule has 0 spiro atoms. The molecule has 1 atom stereocenters. The monoisotopic (exact) mass is 368 g/mol. The highest BCUT2D eigenvalue weighted by Gasteiger charge is 2.14. The maximum Gasteiger partial charge on any atom is 0.244 e. The van der Waals surface area contributed by atoms with Gasteiger partial charge in [-0.3, -0.25) is 9.48 Å². The Hall–Kier alpha value is -3.23. The van der Waals surface area contributed by atoms with Crippen LogP contribution < -0.4 is 10.6 Å². The molecule has 3 heterocycles. The lowest BCUT2D eigenvalue weighted by Gasteiger charge is -2.13. The zero-order valence-electron chi connectivity index (χ0n) is 16.0. The molecule has 9 heteroatoms. The van der Waals surface area contributed by atoms with Gasteiger partial charge in [-0.05, 0) is 51.5 Å². The number of hydrogen-bond donors (Lipinski definition) is 2. The summed E-state index contributed by atoms with van der Waals surface area (Å²) < 4.78 is 3.41. The van der Waals surface area contributed by atoms with Crippen molar-refractivity contribution >= 4 is 11.7 Å². The molecule has 3 aromatic rings. The van der Waals surface area contributed by atoms with Crippen LogP contribution in [-0.2, 0) is 4.79 Å². The Morgan fingerprint density at radius 1 is 1.19 bits per heavy atom. The number of carbonyl (C=O) groups excluding carboxylic acids is 1. The van der Waals surface area contributed by atoms with E-state index < -0.39 is 0 Å². The minimum Gasteiger partial charge on any atom is -0.367 e. The highest BCUT2D eigenvalue weighted by Crippen LogP contribution is 2.15. The molecule has 0 fully saturated rings. The van der Waals surface area contributed by atoms with Crippen molar-refractivity contribution < 1.29 is 4.79 Å². The number of amides is 1. The van der Waals surface area contributed by atoms with Gasteiger partial charge in [0.25, 0.3) is 0 Å². The predicted octanol–water partition coefficient (Wildman–Crippen LogP) is 1.57. The van der Waals surface area contributed by atoms with Crippen molar-refractivity contribution in [1.82, 2.24) is 35.1 Å². The van der Waals surface area contributed by atoms with E-state index in [4.69, 9.17) is 0 Å². The molecular formula is C18H24N8O. The number of aryl methyl sites for hydroxylation is 1. The minimum absolute atomic E-state index is 0.0816. The molecule has 0 bridgehead atoms. The molecule has 142 valence electrons. The Balaban J connectivity index is 1.49. The van der Waals surface area contributed by atoms with Crippen LogP contribution in [0.4, 0.5) is 5.82 Å². The summed E-state index contributed by atoms with van der Waals surface area (Å²) in [6.45, 7) is 8.86. The fourth-order valence-electron chi connectivity index (χ4n) is 2.63. The van der Waals surface area contributed by atoms with Crippen molar-refractivity contribution in [3.05, 3.63) is 47.5 Å². The van der Waals surface area contributed by atoms with Gasteiger partial charge >= 0.3 is 0 Å². The first kappa shape index (κ1) is 18.6. The second-order valence-corrected chi connectivity index (χ2v) is 6.36. The zero-order valence-corrected chi connectivity index (χ0v) is 16.0. The summed E-state index contributed by atoms with van der Waals surface area (Å²) in [6.07, 6.45) is 3.42. The van der Waals surface area contributed by atoms with Gasteiger partial charge in [-0.15, -0.1) is 10.2 Å². The van der Waals surface area contributed by atoms with Gasteiger partial charge in [0, 0.05) is 31.2 Å². The van der Waals surface area contributed by atoms with E-state index in [9.17, 15) is 4.79 Å². The first-order chi connectivity index (χ1) is 13.0. The lowest BCUT2D eigenvalue weighted by atomic mass is 10.2. The topological polar surface area (TPSA) is 103 Å². The van der Waals surface area contributed by atoms with Crippen molar-refractivity contribution in [1.29, 1.82) is 0 Å². The third kappa shape index (κ3) is 4.13. The fourth-order valence-corrected chi connectivity index (χ4v) is 2.63. The Kier molecular flexibility index (Phi) is 5.49. The molecular weight excluding hydrogens is 344 g/mol. The summed E-state index contributed by atoms with van der Waals surface area (Å²) in [4.78, 5) is 12.1. The average Bonchev–Trinajstić information content (AvgIpc) is 3.30. The van der Waals surface area contributed by atoms with Gasteiger partial charge in [-0.25, -0.2) is 4.68 Å². The van der Waals surface area contributed by atoms with Gasteiger partial charge in [0.1, 0.15) is 11.9 Å². The summed E-state index contributed by atoms with van der Waals surface area (Å²) >= 11 is 0. The summed E-state index contributed by atoms with van der Waals surface area (Å²) in [6, 6.07) is 5.17. The van der Waals surface area contributed by atoms with E-state index in [0.29, 0.717) is 24.7 Å². The lowest BCUT2D eigenvalue weighted by molar-refractivity contribution is -0.124. The number of carbonyl (C=O) groups is 1. The molecule has 27 heavy (non-hydrogen) atoms. The zero-order chi connectivity index (χ0) is 19.4. The van der Waals surface area contributed by atoms with E-state index in [0.717, 1.165) is 17.0 Å². The van der Waals surface area contributed by atoms with Gasteiger partial charge < -0.3 is 10.6 Å². The third-order valence-corrected chi connectivity index (χ3v) is 4.55. The molecule has 0 aliphatic rings. The number of hydrogen-bond acceptors (Lipinski definition) is 6. The number of aromatic nitrogens is 6. The molecule has 3 rings (SSSR count). The minimum atomic E-state index is -0.344. The maximum absolute atomic E-state index is 12.1. The fraction of sp³-hybridized carbons (Fsp3) is 0.389. The molecule has 1 unspecified atom stereocenters. The van der Waals surface area contributed by atoms with Gasteiger partial charge in [0.15, 0.2) is 5.82 Å². The van der Waals surface area contributed by atoms with Crippen LogP contribution >= 0.6 is 0 Å². The number of rotatable bonds is 7. The lowest BCUT2D eigenvalue weighted by Crippen LogP contribution is -2.34. The highest BCUT2D eigenvalue weighted by molar-refractivity contribution is 5.79. The van der Waals surface area contributed by atoms with E-state index in [1.807, 2.05) is 32.9 Å². The van der Waals surface area contributed by atoms with Gasteiger partial charge in [-0.2, -0.15) is 10.2 Å². The summed E-state index contributed by atoms with van der Waals surface area (Å²) in [7, 11) is 0. The average molecular weight is 368 g/mol. The van der Waals surface area contributed by atoms with Crippen molar-refractivity contribution in [3.8, 4) is 5.82 Å². The van der Waals surface area contributed by atoms with E-state index in [2.05, 4.69) is 31.0 Å². The van der Waals surface area contributed by atoms with Crippen molar-refractivity contribution in [2.45, 2.75) is 33.7 Å². The standard InChI is InChI=1S/C18H24N8O/c1-12-13(2)24-26(14(12)3)17-7-6-16(22-23-17)19-9-10-20-18(27)15(4)25-11-5-8-21-25/h5-8,11,15H,9-10H2,1-4H3,(H,19,22)(H,20,27). The van der Waals surface area contributed by atoms with E-state index in [-0.39, 0.29) is 11.9 Å². The smallest absolute Gasteiger partial charge is 0.244 e. The normalized spacial score (nSPS) is 12.0. The summed E-state index contributed by atoms with van der Waals surface area (Å²) in [5.41, 5.74) is 3.19. The van der Waals surface area contributed by atoms with Crippen LogP contribution in [0.3, 0.4) is 0 Å². The number of nitrogens with zero attached hydrogens (tertiary/aromatic N) is 6. The van der Waals surface area contributed by atoms with E-state index in [1.54, 1.807) is 34.7 Å². The van der Waals surface area contributed by atoms with Crippen LogP contribution in [-0.4, -0.2) is 48.8 Å². The number of anilines is 1. The van der Waals surface area contributed by atoms with Crippen LogP contribution in [0.1, 0.15) is 29.9 Å². The summed E-state index contributed by atoms with van der Waals surface area (Å²) in [5, 5.41) is 23.0. The van der Waals surface area contributed by atoms with Crippen molar-refractivity contribution in [3.63, 3.8) is 0 Å². The molecule has 0 aromatic carbocycles. The van der Waals surface area contributed by atoms with Gasteiger partial charge in [0.2, 0.25) is 5.91 Å².